The first kappa shape index (κ1) is 20.0. The van der Waals surface area contributed by atoms with E-state index in [0.29, 0.717) is 30.9 Å². The Morgan fingerprint density at radius 3 is 2.47 bits per heavy atom. The lowest BCUT2D eigenvalue weighted by Gasteiger charge is -2.10. The molecule has 6 nitrogen and oxygen atoms in total. The molecule has 4 rings (SSSR count). The van der Waals surface area contributed by atoms with Crippen LogP contribution in [0.15, 0.2) is 42.5 Å². The lowest BCUT2D eigenvalue weighted by Crippen LogP contribution is -2.15. The smallest absolute Gasteiger partial charge is 0.337 e. The summed E-state index contributed by atoms with van der Waals surface area (Å²) in [6.45, 7) is 5.42. The number of carboxylic acids is 1. The van der Waals surface area contributed by atoms with Crippen LogP contribution in [-0.2, 0) is 19.6 Å². The summed E-state index contributed by atoms with van der Waals surface area (Å²) >= 11 is 0. The van der Waals surface area contributed by atoms with Gasteiger partial charge in [0.05, 0.1) is 5.56 Å². The molecule has 0 saturated heterocycles. The van der Waals surface area contributed by atoms with Crippen LogP contribution >= 0.6 is 0 Å². The van der Waals surface area contributed by atoms with Gasteiger partial charge in [-0.2, -0.15) is 0 Å². The molecule has 2 heterocycles. The van der Waals surface area contributed by atoms with E-state index in [9.17, 15) is 14.3 Å². The first-order valence-electron chi connectivity index (χ1n) is 9.69. The van der Waals surface area contributed by atoms with Gasteiger partial charge in [0.15, 0.2) is 11.5 Å². The number of carbonyl (C=O) groups is 1. The van der Waals surface area contributed by atoms with E-state index in [2.05, 4.69) is 5.32 Å². The Kier molecular flexibility index (Phi) is 5.46. The summed E-state index contributed by atoms with van der Waals surface area (Å²) in [6, 6.07) is 12.0. The van der Waals surface area contributed by atoms with Crippen molar-refractivity contribution in [3.8, 4) is 11.5 Å². The fourth-order valence-corrected chi connectivity index (χ4v) is 3.84. The Bertz CT molecular complexity index is 1090. The standard InChI is InChI=1S/C23H23FN2O4/c1-14-19(11-25-10-17-5-8-20-21(9-17)30-13-29-20)22(23(27)28)15(2)26(14)12-16-3-6-18(24)7-4-16/h3-9,25H,10-13H2,1-2H3,(H,27,28). The van der Waals surface area contributed by atoms with E-state index in [1.807, 2.05) is 29.7 Å². The minimum Gasteiger partial charge on any atom is -0.478 e. The van der Waals surface area contributed by atoms with Gasteiger partial charge >= 0.3 is 5.97 Å². The van der Waals surface area contributed by atoms with Crippen molar-refractivity contribution in [2.75, 3.05) is 6.79 Å². The van der Waals surface area contributed by atoms with Crippen molar-refractivity contribution in [2.24, 2.45) is 0 Å². The Morgan fingerprint density at radius 2 is 1.73 bits per heavy atom. The molecule has 0 amide bonds. The molecule has 1 aliphatic rings. The van der Waals surface area contributed by atoms with E-state index in [1.54, 1.807) is 19.1 Å². The highest BCUT2D eigenvalue weighted by Crippen LogP contribution is 2.32. The molecule has 3 aromatic rings. The Balaban J connectivity index is 1.53. The van der Waals surface area contributed by atoms with Crippen molar-refractivity contribution in [3.63, 3.8) is 0 Å². The molecule has 0 fully saturated rings. The summed E-state index contributed by atoms with van der Waals surface area (Å²) in [6.07, 6.45) is 0. The number of hydrogen-bond acceptors (Lipinski definition) is 4. The molecular formula is C23H23FN2O4. The zero-order valence-electron chi connectivity index (χ0n) is 16.9. The molecule has 0 aliphatic carbocycles. The lowest BCUT2D eigenvalue weighted by molar-refractivity contribution is 0.0694. The van der Waals surface area contributed by atoms with Gasteiger partial charge in [0, 0.05) is 36.6 Å². The minimum absolute atomic E-state index is 0.230. The fourth-order valence-electron chi connectivity index (χ4n) is 3.84. The van der Waals surface area contributed by atoms with Crippen LogP contribution in [0.1, 0.15) is 38.4 Å². The van der Waals surface area contributed by atoms with Crippen molar-refractivity contribution >= 4 is 5.97 Å². The van der Waals surface area contributed by atoms with Crippen LogP contribution in [0, 0.1) is 19.7 Å². The number of aromatic carboxylic acids is 1. The van der Waals surface area contributed by atoms with Gasteiger partial charge in [-0.25, -0.2) is 9.18 Å². The van der Waals surface area contributed by atoms with Crippen LogP contribution in [0.3, 0.4) is 0 Å². The number of aromatic nitrogens is 1. The maximum absolute atomic E-state index is 13.2. The van der Waals surface area contributed by atoms with Gasteiger partial charge in [-0.1, -0.05) is 18.2 Å². The topological polar surface area (TPSA) is 72.7 Å². The quantitative estimate of drug-likeness (QED) is 0.616. The van der Waals surface area contributed by atoms with Gasteiger partial charge in [0.2, 0.25) is 6.79 Å². The first-order valence-corrected chi connectivity index (χ1v) is 9.69. The van der Waals surface area contributed by atoms with Crippen molar-refractivity contribution in [3.05, 3.63) is 81.9 Å². The molecule has 1 aliphatic heterocycles. The zero-order chi connectivity index (χ0) is 21.3. The summed E-state index contributed by atoms with van der Waals surface area (Å²) in [5, 5.41) is 13.1. The van der Waals surface area contributed by atoms with Crippen LogP contribution in [-0.4, -0.2) is 22.4 Å². The van der Waals surface area contributed by atoms with Gasteiger partial charge in [-0.15, -0.1) is 0 Å². The molecule has 2 N–H and O–H groups in total. The van der Waals surface area contributed by atoms with Gasteiger partial charge in [-0.3, -0.25) is 0 Å². The largest absolute Gasteiger partial charge is 0.478 e. The summed E-state index contributed by atoms with van der Waals surface area (Å²) < 4.78 is 25.9. The summed E-state index contributed by atoms with van der Waals surface area (Å²) in [4.78, 5) is 11.9. The van der Waals surface area contributed by atoms with Crippen molar-refractivity contribution in [2.45, 2.75) is 33.5 Å². The SMILES string of the molecule is Cc1c(CNCc2ccc3c(c2)OCO3)c(C(=O)O)c(C)n1Cc1ccc(F)cc1. The second-order valence-electron chi connectivity index (χ2n) is 7.33. The van der Waals surface area contributed by atoms with Crippen LogP contribution in [0.4, 0.5) is 4.39 Å². The van der Waals surface area contributed by atoms with E-state index >= 15 is 0 Å². The van der Waals surface area contributed by atoms with Gasteiger partial charge in [0.1, 0.15) is 5.82 Å². The third kappa shape index (κ3) is 3.89. The molecule has 0 unspecified atom stereocenters. The molecule has 7 heteroatoms. The molecule has 1 aromatic heterocycles. The highest BCUT2D eigenvalue weighted by atomic mass is 19.1. The van der Waals surface area contributed by atoms with Gasteiger partial charge in [-0.05, 0) is 49.2 Å². The van der Waals surface area contributed by atoms with Crippen LogP contribution in [0.5, 0.6) is 11.5 Å². The maximum Gasteiger partial charge on any atom is 0.337 e. The molecule has 156 valence electrons. The van der Waals surface area contributed by atoms with Crippen LogP contribution in [0.25, 0.3) is 0 Å². The molecular weight excluding hydrogens is 387 g/mol. The Morgan fingerprint density at radius 1 is 1.03 bits per heavy atom. The van der Waals surface area contributed by atoms with Gasteiger partial charge in [0.25, 0.3) is 0 Å². The predicted octanol–water partition coefficient (Wildman–Crippen LogP) is 4.01. The van der Waals surface area contributed by atoms with E-state index in [0.717, 1.165) is 33.9 Å². The number of nitrogens with one attached hydrogen (secondary N) is 1. The monoisotopic (exact) mass is 410 g/mol. The number of fused-ring (bicyclic) bond motifs is 1. The van der Waals surface area contributed by atoms with E-state index in [4.69, 9.17) is 9.47 Å². The van der Waals surface area contributed by atoms with E-state index < -0.39 is 5.97 Å². The Labute approximate surface area is 173 Å². The summed E-state index contributed by atoms with van der Waals surface area (Å²) in [7, 11) is 0. The van der Waals surface area contributed by atoms with E-state index in [1.165, 1.54) is 12.1 Å². The number of rotatable bonds is 7. The average molecular weight is 410 g/mol. The molecule has 0 radical (unpaired) electrons. The second kappa shape index (κ2) is 8.20. The van der Waals surface area contributed by atoms with Crippen LogP contribution < -0.4 is 14.8 Å². The number of ether oxygens (including phenoxy) is 2. The fraction of sp³-hybridized carbons (Fsp3) is 0.261. The molecule has 2 aromatic carbocycles. The average Bonchev–Trinajstić information content (AvgIpc) is 3.27. The number of nitrogens with zero attached hydrogens (tertiary/aromatic N) is 1. The van der Waals surface area contributed by atoms with Crippen molar-refractivity contribution in [1.82, 2.24) is 9.88 Å². The number of hydrogen-bond donors (Lipinski definition) is 2. The molecule has 0 atom stereocenters. The van der Waals surface area contributed by atoms with Crippen molar-refractivity contribution in [1.29, 1.82) is 0 Å². The normalized spacial score (nSPS) is 12.4. The predicted molar refractivity (Wildman–Crippen MR) is 109 cm³/mol. The Hall–Kier alpha value is -3.32. The third-order valence-corrected chi connectivity index (χ3v) is 5.45. The molecule has 0 saturated carbocycles. The number of carboxylic acid groups (broad SMARTS) is 1. The summed E-state index contributed by atoms with van der Waals surface area (Å²) in [5.41, 5.74) is 4.57. The number of halogens is 1. The highest BCUT2D eigenvalue weighted by Gasteiger charge is 2.22. The van der Waals surface area contributed by atoms with Gasteiger partial charge < -0.3 is 24.5 Å². The molecule has 0 spiro atoms. The highest BCUT2D eigenvalue weighted by molar-refractivity contribution is 5.91. The first-order chi connectivity index (χ1) is 14.4. The molecule has 0 bridgehead atoms. The third-order valence-electron chi connectivity index (χ3n) is 5.45. The molecule has 30 heavy (non-hydrogen) atoms. The second-order valence-corrected chi connectivity index (χ2v) is 7.33. The van der Waals surface area contributed by atoms with Crippen LogP contribution in [0.2, 0.25) is 0 Å². The maximum atomic E-state index is 13.2. The number of benzene rings is 2. The summed E-state index contributed by atoms with van der Waals surface area (Å²) in [5.74, 6) is 0.210. The lowest BCUT2D eigenvalue weighted by atomic mass is 10.1. The van der Waals surface area contributed by atoms with E-state index in [-0.39, 0.29) is 12.6 Å². The zero-order valence-corrected chi connectivity index (χ0v) is 16.9. The van der Waals surface area contributed by atoms with Crippen molar-refractivity contribution < 1.29 is 23.8 Å². The minimum atomic E-state index is -0.951.